The molecule has 0 heterocycles. The van der Waals surface area contributed by atoms with Gasteiger partial charge in [-0.3, -0.25) is 0 Å². The number of alkyl halides is 1. The Bertz CT molecular complexity index is 284. The van der Waals surface area contributed by atoms with Crippen LogP contribution in [0.1, 0.15) is 19.4 Å². The monoisotopic (exact) mass is 225 g/mol. The van der Waals surface area contributed by atoms with Crippen LogP contribution >= 0.6 is 0 Å². The van der Waals surface area contributed by atoms with E-state index >= 15 is 0 Å². The molecule has 1 aromatic carbocycles. The number of nitrogens with one attached hydrogen (secondary N) is 1. The van der Waals surface area contributed by atoms with E-state index in [0.29, 0.717) is 5.92 Å². The van der Waals surface area contributed by atoms with E-state index in [2.05, 4.69) is 19.2 Å². The van der Waals surface area contributed by atoms with Crippen LogP contribution in [-0.2, 0) is 6.54 Å². The van der Waals surface area contributed by atoms with Crippen LogP contribution in [0, 0.1) is 5.92 Å². The lowest BCUT2D eigenvalue weighted by Gasteiger charge is -2.08. The predicted octanol–water partition coefficient (Wildman–Crippen LogP) is 2.78. The van der Waals surface area contributed by atoms with Gasteiger partial charge < -0.3 is 10.1 Å². The van der Waals surface area contributed by atoms with Crippen LogP contribution < -0.4 is 10.1 Å². The molecular weight excluding hydrogens is 205 g/mol. The highest BCUT2D eigenvalue weighted by Gasteiger charge is 1.97. The molecule has 0 fully saturated rings. The summed E-state index contributed by atoms with van der Waals surface area (Å²) in [6, 6.07) is 7.76. The number of rotatable bonds is 7. The largest absolute Gasteiger partial charge is 0.491 e. The molecule has 1 N–H and O–H groups in total. The Morgan fingerprint density at radius 2 is 1.94 bits per heavy atom. The summed E-state index contributed by atoms with van der Waals surface area (Å²) in [5.74, 6) is 1.39. The van der Waals surface area contributed by atoms with E-state index < -0.39 is 6.67 Å². The quantitative estimate of drug-likeness (QED) is 0.770. The summed E-state index contributed by atoms with van der Waals surface area (Å²) in [5, 5.41) is 3.36. The van der Waals surface area contributed by atoms with Crippen LogP contribution in [0.5, 0.6) is 5.75 Å². The lowest BCUT2D eigenvalue weighted by atomic mass is 10.2. The zero-order valence-corrected chi connectivity index (χ0v) is 10.0. The molecule has 0 spiro atoms. The van der Waals surface area contributed by atoms with Crippen molar-refractivity contribution in [2.24, 2.45) is 5.92 Å². The molecule has 0 aromatic heterocycles. The van der Waals surface area contributed by atoms with Crippen LogP contribution in [0.15, 0.2) is 24.3 Å². The molecule has 1 aromatic rings. The first-order valence-electron chi connectivity index (χ1n) is 5.71. The molecule has 1 rings (SSSR count). The Morgan fingerprint density at radius 1 is 1.25 bits per heavy atom. The molecular formula is C13H20FNO. The smallest absolute Gasteiger partial charge is 0.123 e. The van der Waals surface area contributed by atoms with Gasteiger partial charge in [0.2, 0.25) is 0 Å². The molecule has 2 nitrogen and oxygen atoms in total. The summed E-state index contributed by atoms with van der Waals surface area (Å²) in [7, 11) is 0. The van der Waals surface area contributed by atoms with Gasteiger partial charge in [0, 0.05) is 6.54 Å². The Morgan fingerprint density at radius 3 is 2.50 bits per heavy atom. The van der Waals surface area contributed by atoms with Crippen molar-refractivity contribution in [3.05, 3.63) is 29.8 Å². The second-order valence-electron chi connectivity index (χ2n) is 4.21. The standard InChI is InChI=1S/C13H20FNO/c1-11(2)9-15-10-12-3-5-13(6-4-12)16-8-7-14/h3-6,11,15H,7-10H2,1-2H3. The number of hydrogen-bond acceptors (Lipinski definition) is 2. The molecule has 0 bridgehead atoms. The molecule has 0 atom stereocenters. The van der Waals surface area contributed by atoms with Crippen molar-refractivity contribution < 1.29 is 9.13 Å². The lowest BCUT2D eigenvalue weighted by molar-refractivity contribution is 0.273. The van der Waals surface area contributed by atoms with Crippen molar-refractivity contribution >= 4 is 0 Å². The minimum absolute atomic E-state index is 0.130. The number of benzene rings is 1. The molecule has 0 aliphatic heterocycles. The Hall–Kier alpha value is -1.09. The second kappa shape index (κ2) is 7.23. The number of hydrogen-bond donors (Lipinski definition) is 1. The minimum atomic E-state index is -0.447. The first-order chi connectivity index (χ1) is 7.72. The highest BCUT2D eigenvalue weighted by Crippen LogP contribution is 2.11. The van der Waals surface area contributed by atoms with Gasteiger partial charge in [-0.25, -0.2) is 4.39 Å². The summed E-state index contributed by atoms with van der Waals surface area (Å²) in [6.45, 7) is 5.92. The van der Waals surface area contributed by atoms with Crippen molar-refractivity contribution in [2.45, 2.75) is 20.4 Å². The van der Waals surface area contributed by atoms with Gasteiger partial charge in [0.25, 0.3) is 0 Å². The van der Waals surface area contributed by atoms with Gasteiger partial charge in [-0.1, -0.05) is 26.0 Å². The van der Waals surface area contributed by atoms with E-state index in [1.54, 1.807) is 0 Å². The van der Waals surface area contributed by atoms with Crippen LogP contribution in [0.25, 0.3) is 0 Å². The van der Waals surface area contributed by atoms with Crippen molar-refractivity contribution in [2.75, 3.05) is 19.8 Å². The average molecular weight is 225 g/mol. The summed E-state index contributed by atoms with van der Waals surface area (Å²) in [5.41, 5.74) is 1.22. The fourth-order valence-electron chi connectivity index (χ4n) is 1.37. The first kappa shape index (κ1) is 13.0. The van der Waals surface area contributed by atoms with E-state index in [4.69, 9.17) is 4.74 Å². The average Bonchev–Trinajstić information content (AvgIpc) is 2.27. The fourth-order valence-corrected chi connectivity index (χ4v) is 1.37. The Labute approximate surface area is 96.8 Å². The van der Waals surface area contributed by atoms with E-state index in [1.807, 2.05) is 24.3 Å². The van der Waals surface area contributed by atoms with Gasteiger partial charge in [0.05, 0.1) is 0 Å². The van der Waals surface area contributed by atoms with Crippen LogP contribution in [0.2, 0.25) is 0 Å². The molecule has 0 radical (unpaired) electrons. The van der Waals surface area contributed by atoms with Gasteiger partial charge in [-0.05, 0) is 30.2 Å². The topological polar surface area (TPSA) is 21.3 Å². The van der Waals surface area contributed by atoms with Crippen LogP contribution in [0.4, 0.5) is 4.39 Å². The highest BCUT2D eigenvalue weighted by molar-refractivity contribution is 5.27. The van der Waals surface area contributed by atoms with E-state index in [-0.39, 0.29) is 6.61 Å². The minimum Gasteiger partial charge on any atom is -0.491 e. The molecule has 0 saturated heterocycles. The lowest BCUT2D eigenvalue weighted by Crippen LogP contribution is -2.18. The molecule has 0 amide bonds. The zero-order chi connectivity index (χ0) is 11.8. The molecule has 16 heavy (non-hydrogen) atoms. The van der Waals surface area contributed by atoms with Gasteiger partial charge in [0.15, 0.2) is 0 Å². The van der Waals surface area contributed by atoms with Gasteiger partial charge in [-0.2, -0.15) is 0 Å². The second-order valence-corrected chi connectivity index (χ2v) is 4.21. The van der Waals surface area contributed by atoms with Crippen LogP contribution in [-0.4, -0.2) is 19.8 Å². The van der Waals surface area contributed by atoms with Crippen LogP contribution in [0.3, 0.4) is 0 Å². The molecule has 90 valence electrons. The summed E-state index contributed by atoms with van der Waals surface area (Å²) >= 11 is 0. The summed E-state index contributed by atoms with van der Waals surface area (Å²) in [4.78, 5) is 0. The number of ether oxygens (including phenoxy) is 1. The third kappa shape index (κ3) is 5.12. The van der Waals surface area contributed by atoms with Crippen molar-refractivity contribution in [1.29, 1.82) is 0 Å². The predicted molar refractivity (Wildman–Crippen MR) is 64.5 cm³/mol. The molecule has 0 aliphatic rings. The molecule has 0 saturated carbocycles. The van der Waals surface area contributed by atoms with Crippen molar-refractivity contribution in [3.63, 3.8) is 0 Å². The van der Waals surface area contributed by atoms with Crippen molar-refractivity contribution in [1.82, 2.24) is 5.32 Å². The maximum atomic E-state index is 11.9. The SMILES string of the molecule is CC(C)CNCc1ccc(OCCF)cc1. The van der Waals surface area contributed by atoms with Gasteiger partial charge in [-0.15, -0.1) is 0 Å². The van der Waals surface area contributed by atoms with E-state index in [0.717, 1.165) is 18.8 Å². The third-order valence-electron chi connectivity index (χ3n) is 2.15. The molecule has 0 aliphatic carbocycles. The molecule has 3 heteroatoms. The fraction of sp³-hybridized carbons (Fsp3) is 0.538. The zero-order valence-electron chi connectivity index (χ0n) is 10.0. The van der Waals surface area contributed by atoms with Gasteiger partial charge >= 0.3 is 0 Å². The summed E-state index contributed by atoms with van der Waals surface area (Å²) < 4.78 is 17.0. The molecule has 0 unspecified atom stereocenters. The van der Waals surface area contributed by atoms with Crippen molar-refractivity contribution in [3.8, 4) is 5.75 Å². The normalized spacial score (nSPS) is 10.8. The van der Waals surface area contributed by atoms with E-state index in [9.17, 15) is 4.39 Å². The maximum Gasteiger partial charge on any atom is 0.123 e. The Kier molecular flexibility index (Phi) is 5.86. The number of halogens is 1. The third-order valence-corrected chi connectivity index (χ3v) is 2.15. The van der Waals surface area contributed by atoms with Gasteiger partial charge in [0.1, 0.15) is 19.0 Å². The first-order valence-corrected chi connectivity index (χ1v) is 5.71. The maximum absolute atomic E-state index is 11.9. The Balaban J connectivity index is 2.33. The summed E-state index contributed by atoms with van der Waals surface area (Å²) in [6.07, 6.45) is 0. The highest BCUT2D eigenvalue weighted by atomic mass is 19.1. The van der Waals surface area contributed by atoms with E-state index in [1.165, 1.54) is 5.56 Å².